The van der Waals surface area contributed by atoms with E-state index < -0.39 is 56.0 Å². The summed E-state index contributed by atoms with van der Waals surface area (Å²) in [5.74, 6) is -8.14. The third-order valence-electron chi connectivity index (χ3n) is 3.92. The number of nitrogens with one attached hydrogen (secondary N) is 1. The molecule has 0 spiro atoms. The topological polar surface area (TPSA) is 119 Å². The van der Waals surface area contributed by atoms with Gasteiger partial charge in [0.05, 0.1) is 0 Å². The lowest BCUT2D eigenvalue weighted by Crippen LogP contribution is -2.39. The summed E-state index contributed by atoms with van der Waals surface area (Å²) in [6, 6.07) is 6.60. The molecule has 0 amide bonds. The zero-order chi connectivity index (χ0) is 23.3. The average molecular weight is 455 g/mol. The number of carbonyl (C=O) groups excluding carboxylic acids is 1. The predicted octanol–water partition coefficient (Wildman–Crippen LogP) is 1.76. The van der Waals surface area contributed by atoms with E-state index in [1.807, 2.05) is 0 Å². The summed E-state index contributed by atoms with van der Waals surface area (Å²) >= 11 is 0. The molecule has 0 fully saturated rings. The monoisotopic (exact) mass is 455 g/mol. The molecule has 31 heavy (non-hydrogen) atoms. The van der Waals surface area contributed by atoms with Crippen molar-refractivity contribution >= 4 is 16.1 Å². The first kappa shape index (κ1) is 23.8. The number of carbonyl (C=O) groups is 1. The highest BCUT2D eigenvalue weighted by Crippen LogP contribution is 2.32. The zero-order valence-corrected chi connectivity index (χ0v) is 16.3. The molecule has 0 bridgehead atoms. The van der Waals surface area contributed by atoms with Gasteiger partial charge in [0.25, 0.3) is 0 Å². The molecule has 0 heterocycles. The van der Waals surface area contributed by atoms with Crippen molar-refractivity contribution in [1.29, 1.82) is 5.26 Å². The van der Waals surface area contributed by atoms with Crippen molar-refractivity contribution in [3.63, 3.8) is 0 Å². The summed E-state index contributed by atoms with van der Waals surface area (Å²) in [7, 11) is -4.58. The standard InChI is InChI=1S/C19H12F4N2O5S/c1-25-12(9-11-6-4-10(5-7-11)3-2-8-24)19(26)30-17-13(20)15(22)18(31(27,28)29)16(23)14(17)21/h4-7,12,25H,9H2,1H3,(H,27,28,29)/p-1. The molecule has 0 aliphatic carbocycles. The third-order valence-corrected chi connectivity index (χ3v) is 4.78. The fourth-order valence-corrected chi connectivity index (χ4v) is 3.05. The molecule has 2 rings (SSSR count). The van der Waals surface area contributed by atoms with Crippen LogP contribution in [0.5, 0.6) is 5.75 Å². The molecule has 1 atom stereocenters. The molecule has 0 saturated heterocycles. The van der Waals surface area contributed by atoms with Gasteiger partial charge in [-0.2, -0.15) is 14.0 Å². The molecule has 162 valence electrons. The summed E-state index contributed by atoms with van der Waals surface area (Å²) in [5.41, 5.74) is 1.04. The van der Waals surface area contributed by atoms with E-state index in [9.17, 15) is 35.3 Å². The van der Waals surface area contributed by atoms with Gasteiger partial charge in [0.2, 0.25) is 17.4 Å². The highest BCUT2D eigenvalue weighted by atomic mass is 32.2. The van der Waals surface area contributed by atoms with Crippen LogP contribution in [-0.4, -0.2) is 32.0 Å². The van der Waals surface area contributed by atoms with Gasteiger partial charge in [-0.15, -0.1) is 0 Å². The van der Waals surface area contributed by atoms with Crippen LogP contribution in [0.4, 0.5) is 17.6 Å². The Kier molecular flexibility index (Phi) is 7.36. The first-order valence-corrected chi connectivity index (χ1v) is 9.61. The molecule has 1 N–H and O–H groups in total. The van der Waals surface area contributed by atoms with Crippen LogP contribution >= 0.6 is 0 Å². The fourth-order valence-electron chi connectivity index (χ4n) is 2.44. The zero-order valence-electron chi connectivity index (χ0n) is 15.5. The Morgan fingerprint density at radius 1 is 1.13 bits per heavy atom. The van der Waals surface area contributed by atoms with Crippen molar-refractivity contribution < 1.29 is 40.1 Å². The maximum Gasteiger partial charge on any atom is 0.329 e. The Labute approximate surface area is 174 Å². The van der Waals surface area contributed by atoms with Crippen LogP contribution in [0, 0.1) is 46.4 Å². The Bertz CT molecular complexity index is 1200. The molecule has 2 aromatic rings. The van der Waals surface area contributed by atoms with Gasteiger partial charge in [0, 0.05) is 11.5 Å². The summed E-state index contributed by atoms with van der Waals surface area (Å²) in [5, 5.41) is 10.9. The highest BCUT2D eigenvalue weighted by molar-refractivity contribution is 7.85. The maximum absolute atomic E-state index is 14.0. The number of nitrogens with zero attached hydrogens (tertiary/aromatic N) is 1. The fraction of sp³-hybridized carbons (Fsp3) is 0.158. The lowest BCUT2D eigenvalue weighted by molar-refractivity contribution is -0.137. The van der Waals surface area contributed by atoms with Crippen LogP contribution in [0.25, 0.3) is 0 Å². The Hall–Kier alpha value is -3.45. The van der Waals surface area contributed by atoms with Gasteiger partial charge in [-0.3, -0.25) is 0 Å². The number of benzene rings is 2. The second-order valence-electron chi connectivity index (χ2n) is 5.89. The number of halogens is 4. The van der Waals surface area contributed by atoms with Crippen LogP contribution in [-0.2, 0) is 21.3 Å². The smallest absolute Gasteiger partial charge is 0.329 e. The SMILES string of the molecule is CNC(Cc1ccc(C#CC#N)cc1)C(=O)Oc1c(F)c(F)c(S(=O)(=O)[O-])c(F)c1F. The van der Waals surface area contributed by atoms with Crippen LogP contribution in [0.15, 0.2) is 29.2 Å². The van der Waals surface area contributed by atoms with E-state index in [1.54, 1.807) is 30.3 Å². The van der Waals surface area contributed by atoms with E-state index >= 15 is 0 Å². The number of likely N-dealkylation sites (N-methyl/N-ethyl adjacent to an activating group) is 1. The van der Waals surface area contributed by atoms with Crippen molar-refractivity contribution in [1.82, 2.24) is 5.32 Å². The largest absolute Gasteiger partial charge is 0.744 e. The Morgan fingerprint density at radius 2 is 1.68 bits per heavy atom. The highest BCUT2D eigenvalue weighted by Gasteiger charge is 2.32. The van der Waals surface area contributed by atoms with E-state index in [4.69, 9.17) is 5.26 Å². The molecule has 0 aliphatic rings. The second kappa shape index (κ2) is 9.57. The van der Waals surface area contributed by atoms with Crippen molar-refractivity contribution in [2.24, 2.45) is 0 Å². The van der Waals surface area contributed by atoms with Crippen molar-refractivity contribution in [2.75, 3.05) is 7.05 Å². The minimum Gasteiger partial charge on any atom is -0.744 e. The van der Waals surface area contributed by atoms with Gasteiger partial charge in [-0.1, -0.05) is 18.1 Å². The molecular formula is C19H11F4N2O5S-. The van der Waals surface area contributed by atoms with Gasteiger partial charge in [-0.05, 0) is 31.2 Å². The maximum atomic E-state index is 14.0. The van der Waals surface area contributed by atoms with Gasteiger partial charge in [0.15, 0.2) is 17.7 Å². The van der Waals surface area contributed by atoms with Crippen LogP contribution in [0.3, 0.4) is 0 Å². The normalized spacial score (nSPS) is 11.8. The Balaban J connectivity index is 2.30. The molecule has 12 heteroatoms. The van der Waals surface area contributed by atoms with Crippen LogP contribution in [0.1, 0.15) is 11.1 Å². The second-order valence-corrected chi connectivity index (χ2v) is 7.21. The molecule has 0 radical (unpaired) electrons. The van der Waals surface area contributed by atoms with Crippen molar-refractivity contribution in [3.8, 4) is 23.7 Å². The first-order chi connectivity index (χ1) is 14.5. The first-order valence-electron chi connectivity index (χ1n) is 8.21. The molecule has 1 unspecified atom stereocenters. The number of hydrogen-bond donors (Lipinski definition) is 1. The lowest BCUT2D eigenvalue weighted by atomic mass is 10.0. The lowest BCUT2D eigenvalue weighted by Gasteiger charge is -2.17. The van der Waals surface area contributed by atoms with Crippen LogP contribution < -0.4 is 10.1 Å². The third kappa shape index (κ3) is 5.38. The van der Waals surface area contributed by atoms with E-state index in [2.05, 4.69) is 21.9 Å². The molecule has 7 nitrogen and oxygen atoms in total. The van der Waals surface area contributed by atoms with E-state index in [-0.39, 0.29) is 6.42 Å². The van der Waals surface area contributed by atoms with Gasteiger partial charge < -0.3 is 14.6 Å². The molecular weight excluding hydrogens is 444 g/mol. The van der Waals surface area contributed by atoms with Gasteiger partial charge in [-0.25, -0.2) is 22.0 Å². The van der Waals surface area contributed by atoms with Crippen molar-refractivity contribution in [3.05, 3.63) is 58.7 Å². The molecule has 0 aromatic heterocycles. The summed E-state index contributed by atoms with van der Waals surface area (Å²) < 4.78 is 92.6. The van der Waals surface area contributed by atoms with Crippen LogP contribution in [0.2, 0.25) is 0 Å². The predicted molar refractivity (Wildman–Crippen MR) is 95.4 cm³/mol. The molecule has 2 aromatic carbocycles. The number of hydrogen-bond acceptors (Lipinski definition) is 7. The van der Waals surface area contributed by atoms with Crippen molar-refractivity contribution in [2.45, 2.75) is 17.4 Å². The number of ether oxygens (including phenoxy) is 1. The molecule has 0 saturated carbocycles. The van der Waals surface area contributed by atoms with E-state index in [1.165, 1.54) is 7.05 Å². The summed E-state index contributed by atoms with van der Waals surface area (Å²) in [4.78, 5) is 9.91. The van der Waals surface area contributed by atoms with Gasteiger partial charge >= 0.3 is 5.97 Å². The number of nitriles is 1. The minimum atomic E-state index is -5.89. The van der Waals surface area contributed by atoms with E-state index in [0.717, 1.165) is 0 Å². The summed E-state index contributed by atoms with van der Waals surface area (Å²) in [6.07, 6.45) is -0.0808. The quantitative estimate of drug-likeness (QED) is 0.176. The van der Waals surface area contributed by atoms with E-state index in [0.29, 0.717) is 11.1 Å². The number of rotatable bonds is 6. The average Bonchev–Trinajstić information content (AvgIpc) is 2.72. The summed E-state index contributed by atoms with van der Waals surface area (Å²) in [6.45, 7) is 0. The molecule has 0 aliphatic heterocycles. The minimum absolute atomic E-state index is 0.0808. The number of esters is 1. The van der Waals surface area contributed by atoms with Gasteiger partial charge in [0.1, 0.15) is 21.1 Å². The Morgan fingerprint density at radius 3 is 2.13 bits per heavy atom.